The van der Waals surface area contributed by atoms with Gasteiger partial charge in [-0.1, -0.05) is 13.8 Å². The number of rotatable bonds is 3. The fraction of sp³-hybridized carbons (Fsp3) is 0.500. The number of piperazine rings is 1. The smallest absolute Gasteiger partial charge is 0.256 e. The fourth-order valence-electron chi connectivity index (χ4n) is 2.47. The van der Waals surface area contributed by atoms with Crippen LogP contribution >= 0.6 is 0 Å². The standard InChI is InChI=1S/C16H20F2N2O2/c1-11(2)9-15(21)19-5-7-20(8-6-19)16(22)13-4-3-12(17)10-14(13)18/h3-4,10-11H,5-9H2,1-2H3. The quantitative estimate of drug-likeness (QED) is 0.859. The molecule has 1 heterocycles. The second-order valence-electron chi connectivity index (χ2n) is 5.90. The van der Waals surface area contributed by atoms with Crippen molar-refractivity contribution in [1.82, 2.24) is 9.80 Å². The van der Waals surface area contributed by atoms with Gasteiger partial charge in [0.15, 0.2) is 0 Å². The number of halogens is 2. The van der Waals surface area contributed by atoms with Gasteiger partial charge in [-0.25, -0.2) is 8.78 Å². The highest BCUT2D eigenvalue weighted by Gasteiger charge is 2.26. The van der Waals surface area contributed by atoms with Gasteiger partial charge in [-0.05, 0) is 18.1 Å². The van der Waals surface area contributed by atoms with Gasteiger partial charge >= 0.3 is 0 Å². The van der Waals surface area contributed by atoms with E-state index in [-0.39, 0.29) is 11.5 Å². The minimum absolute atomic E-state index is 0.0788. The highest BCUT2D eigenvalue weighted by Crippen LogP contribution is 2.15. The summed E-state index contributed by atoms with van der Waals surface area (Å²) in [6.07, 6.45) is 0.487. The van der Waals surface area contributed by atoms with Crippen molar-refractivity contribution in [1.29, 1.82) is 0 Å². The minimum Gasteiger partial charge on any atom is -0.339 e. The highest BCUT2D eigenvalue weighted by atomic mass is 19.1. The number of hydrogen-bond donors (Lipinski definition) is 0. The molecule has 0 aliphatic carbocycles. The third-order valence-corrected chi connectivity index (χ3v) is 3.66. The number of hydrogen-bond acceptors (Lipinski definition) is 2. The Hall–Kier alpha value is -1.98. The van der Waals surface area contributed by atoms with Gasteiger partial charge in [0.1, 0.15) is 11.6 Å². The summed E-state index contributed by atoms with van der Waals surface area (Å²) < 4.78 is 26.5. The largest absolute Gasteiger partial charge is 0.339 e. The third kappa shape index (κ3) is 3.81. The van der Waals surface area contributed by atoms with Gasteiger partial charge < -0.3 is 9.80 Å². The van der Waals surface area contributed by atoms with Crippen molar-refractivity contribution >= 4 is 11.8 Å². The summed E-state index contributed by atoms with van der Waals surface area (Å²) in [5, 5.41) is 0. The number of nitrogens with zero attached hydrogens (tertiary/aromatic N) is 2. The lowest BCUT2D eigenvalue weighted by atomic mass is 10.1. The zero-order valence-electron chi connectivity index (χ0n) is 12.8. The van der Waals surface area contributed by atoms with Crippen LogP contribution in [0.25, 0.3) is 0 Å². The summed E-state index contributed by atoms with van der Waals surface area (Å²) in [5.41, 5.74) is -0.136. The first-order valence-electron chi connectivity index (χ1n) is 7.40. The molecule has 4 nitrogen and oxygen atoms in total. The maximum atomic E-state index is 13.7. The van der Waals surface area contributed by atoms with E-state index in [2.05, 4.69) is 0 Å². The number of carbonyl (C=O) groups excluding carboxylic acids is 2. The van der Waals surface area contributed by atoms with E-state index >= 15 is 0 Å². The predicted octanol–water partition coefficient (Wildman–Crippen LogP) is 2.30. The Labute approximate surface area is 128 Å². The Kier molecular flexibility index (Phi) is 5.11. The van der Waals surface area contributed by atoms with Crippen LogP contribution in [0.3, 0.4) is 0 Å². The van der Waals surface area contributed by atoms with Crippen LogP contribution in [0.1, 0.15) is 30.6 Å². The van der Waals surface area contributed by atoms with E-state index in [9.17, 15) is 18.4 Å². The molecule has 1 aliphatic heterocycles. The highest BCUT2D eigenvalue weighted by molar-refractivity contribution is 5.94. The molecule has 6 heteroatoms. The van der Waals surface area contributed by atoms with Crippen LogP contribution in [-0.4, -0.2) is 47.8 Å². The Morgan fingerprint density at radius 2 is 1.68 bits per heavy atom. The lowest BCUT2D eigenvalue weighted by molar-refractivity contribution is -0.133. The average Bonchev–Trinajstić information content (AvgIpc) is 2.46. The molecule has 0 bridgehead atoms. The normalized spacial score (nSPS) is 15.3. The molecule has 1 fully saturated rings. The molecule has 1 aromatic carbocycles. The van der Waals surface area contributed by atoms with Gasteiger partial charge in [-0.15, -0.1) is 0 Å². The van der Waals surface area contributed by atoms with Crippen LogP contribution in [0.2, 0.25) is 0 Å². The van der Waals surface area contributed by atoms with Crippen molar-refractivity contribution in [2.24, 2.45) is 5.92 Å². The van der Waals surface area contributed by atoms with E-state index in [0.717, 1.165) is 12.1 Å². The predicted molar refractivity (Wildman–Crippen MR) is 78.3 cm³/mol. The van der Waals surface area contributed by atoms with E-state index in [1.165, 1.54) is 4.90 Å². The molecule has 0 N–H and O–H groups in total. The van der Waals surface area contributed by atoms with Crippen molar-refractivity contribution in [2.45, 2.75) is 20.3 Å². The number of amides is 2. The van der Waals surface area contributed by atoms with E-state index in [4.69, 9.17) is 0 Å². The minimum atomic E-state index is -0.858. The molecule has 1 saturated heterocycles. The second-order valence-corrected chi connectivity index (χ2v) is 5.90. The molecule has 0 radical (unpaired) electrons. The Bertz CT molecular complexity index is 567. The van der Waals surface area contributed by atoms with E-state index in [0.29, 0.717) is 44.6 Å². The average molecular weight is 310 g/mol. The maximum Gasteiger partial charge on any atom is 0.256 e. The fourth-order valence-corrected chi connectivity index (χ4v) is 2.47. The summed E-state index contributed by atoms with van der Waals surface area (Å²) in [4.78, 5) is 27.4. The van der Waals surface area contributed by atoms with Crippen LogP contribution in [0.4, 0.5) is 8.78 Å². The molecule has 0 saturated carbocycles. The van der Waals surface area contributed by atoms with Crippen LogP contribution in [0.15, 0.2) is 18.2 Å². The Morgan fingerprint density at radius 1 is 1.09 bits per heavy atom. The van der Waals surface area contributed by atoms with Gasteiger partial charge in [0.2, 0.25) is 5.91 Å². The first kappa shape index (κ1) is 16.4. The van der Waals surface area contributed by atoms with Crippen LogP contribution in [-0.2, 0) is 4.79 Å². The van der Waals surface area contributed by atoms with Crippen molar-refractivity contribution < 1.29 is 18.4 Å². The van der Waals surface area contributed by atoms with Gasteiger partial charge in [0, 0.05) is 38.7 Å². The second kappa shape index (κ2) is 6.85. The zero-order valence-corrected chi connectivity index (χ0v) is 12.8. The molecule has 1 aromatic rings. The van der Waals surface area contributed by atoms with Gasteiger partial charge in [0.05, 0.1) is 5.56 Å². The molecular weight excluding hydrogens is 290 g/mol. The Morgan fingerprint density at radius 3 is 2.23 bits per heavy atom. The van der Waals surface area contributed by atoms with Crippen molar-refractivity contribution in [3.05, 3.63) is 35.4 Å². The van der Waals surface area contributed by atoms with E-state index in [1.54, 1.807) is 4.90 Å². The first-order valence-corrected chi connectivity index (χ1v) is 7.40. The zero-order chi connectivity index (χ0) is 16.3. The molecule has 2 amide bonds. The molecular formula is C16H20F2N2O2. The molecule has 1 aliphatic rings. The monoisotopic (exact) mass is 310 g/mol. The first-order chi connectivity index (χ1) is 10.4. The van der Waals surface area contributed by atoms with Crippen LogP contribution in [0, 0.1) is 17.6 Å². The van der Waals surface area contributed by atoms with Crippen LogP contribution < -0.4 is 0 Å². The SMILES string of the molecule is CC(C)CC(=O)N1CCN(C(=O)c2ccc(F)cc2F)CC1. The van der Waals surface area contributed by atoms with Crippen molar-refractivity contribution in [3.63, 3.8) is 0 Å². The molecule has 2 rings (SSSR count). The van der Waals surface area contributed by atoms with Crippen LogP contribution in [0.5, 0.6) is 0 Å². The van der Waals surface area contributed by atoms with Crippen molar-refractivity contribution in [3.8, 4) is 0 Å². The molecule has 22 heavy (non-hydrogen) atoms. The molecule has 0 aromatic heterocycles. The van der Waals surface area contributed by atoms with Gasteiger partial charge in [0.25, 0.3) is 5.91 Å². The van der Waals surface area contributed by atoms with E-state index < -0.39 is 17.5 Å². The summed E-state index contributed by atoms with van der Waals surface area (Å²) in [5.74, 6) is -1.66. The summed E-state index contributed by atoms with van der Waals surface area (Å²) in [6.45, 7) is 5.57. The maximum absolute atomic E-state index is 13.7. The third-order valence-electron chi connectivity index (χ3n) is 3.66. The van der Waals surface area contributed by atoms with Gasteiger partial charge in [-0.3, -0.25) is 9.59 Å². The summed E-state index contributed by atoms with van der Waals surface area (Å²) >= 11 is 0. The van der Waals surface area contributed by atoms with Crippen molar-refractivity contribution in [2.75, 3.05) is 26.2 Å². The molecule has 0 spiro atoms. The van der Waals surface area contributed by atoms with Gasteiger partial charge in [-0.2, -0.15) is 0 Å². The molecule has 120 valence electrons. The summed E-state index contributed by atoms with van der Waals surface area (Å²) in [7, 11) is 0. The number of carbonyl (C=O) groups is 2. The Balaban J connectivity index is 1.96. The number of benzene rings is 1. The molecule has 0 atom stereocenters. The van der Waals surface area contributed by atoms with E-state index in [1.807, 2.05) is 13.8 Å². The lowest BCUT2D eigenvalue weighted by Gasteiger charge is -2.35. The lowest BCUT2D eigenvalue weighted by Crippen LogP contribution is -2.50. The summed E-state index contributed by atoms with van der Waals surface area (Å²) in [6, 6.07) is 2.93. The topological polar surface area (TPSA) is 40.6 Å². The molecule has 0 unspecified atom stereocenters.